The smallest absolute Gasteiger partial charge is 0.309 e. The SMILES string of the molecule is CCOC(=O)C1CCN([C@@H]2CC(=O)N(c3cccc(Cl)c3C)C2=O)CC1. The molecule has 0 aromatic heterocycles. The number of hydrogen-bond donors (Lipinski definition) is 0. The number of benzene rings is 1. The van der Waals surface area contributed by atoms with Crippen LogP contribution in [0, 0.1) is 12.8 Å². The van der Waals surface area contributed by atoms with Crippen LogP contribution in [0.5, 0.6) is 0 Å². The minimum atomic E-state index is -0.468. The summed E-state index contributed by atoms with van der Waals surface area (Å²) in [5, 5.41) is 0.529. The number of rotatable bonds is 4. The molecule has 7 heteroatoms. The molecular formula is C19H23ClN2O4. The van der Waals surface area contributed by atoms with Crippen molar-refractivity contribution in [3.05, 3.63) is 28.8 Å². The number of piperidine rings is 1. The molecule has 2 saturated heterocycles. The van der Waals surface area contributed by atoms with E-state index in [1.807, 2.05) is 4.90 Å². The van der Waals surface area contributed by atoms with Gasteiger partial charge in [-0.2, -0.15) is 0 Å². The Labute approximate surface area is 158 Å². The summed E-state index contributed by atoms with van der Waals surface area (Å²) in [4.78, 5) is 40.6. The fourth-order valence-electron chi connectivity index (χ4n) is 3.70. The number of carbonyl (C=O) groups is 3. The van der Waals surface area contributed by atoms with Crippen LogP contribution < -0.4 is 4.90 Å². The maximum Gasteiger partial charge on any atom is 0.309 e. The molecule has 0 unspecified atom stereocenters. The van der Waals surface area contributed by atoms with Crippen molar-refractivity contribution in [1.82, 2.24) is 4.90 Å². The van der Waals surface area contributed by atoms with Gasteiger partial charge in [0.1, 0.15) is 0 Å². The Morgan fingerprint density at radius 3 is 2.62 bits per heavy atom. The minimum Gasteiger partial charge on any atom is -0.466 e. The van der Waals surface area contributed by atoms with E-state index >= 15 is 0 Å². The number of nitrogens with zero attached hydrogens (tertiary/aromatic N) is 2. The number of amides is 2. The summed E-state index contributed by atoms with van der Waals surface area (Å²) in [6.45, 7) is 5.19. The molecule has 6 nitrogen and oxygen atoms in total. The predicted molar refractivity (Wildman–Crippen MR) is 98.0 cm³/mol. The predicted octanol–water partition coefficient (Wildman–Crippen LogP) is 2.56. The zero-order valence-electron chi connectivity index (χ0n) is 15.0. The van der Waals surface area contributed by atoms with Gasteiger partial charge in [-0.15, -0.1) is 0 Å². The van der Waals surface area contributed by atoms with Gasteiger partial charge in [0, 0.05) is 5.02 Å². The lowest BCUT2D eigenvalue weighted by Crippen LogP contribution is -2.47. The Bertz CT molecular complexity index is 728. The normalized spacial score (nSPS) is 22.1. The second kappa shape index (κ2) is 7.76. The first-order valence-electron chi connectivity index (χ1n) is 8.96. The summed E-state index contributed by atoms with van der Waals surface area (Å²) in [7, 11) is 0. The van der Waals surface area contributed by atoms with Crippen LogP contribution in [-0.2, 0) is 19.1 Å². The Hall–Kier alpha value is -1.92. The van der Waals surface area contributed by atoms with Gasteiger partial charge >= 0.3 is 5.97 Å². The lowest BCUT2D eigenvalue weighted by atomic mass is 9.95. The summed E-state index contributed by atoms with van der Waals surface area (Å²) in [5.41, 5.74) is 1.27. The molecule has 26 heavy (non-hydrogen) atoms. The standard InChI is InChI=1S/C19H23ClN2O4/c1-3-26-19(25)13-7-9-21(10-8-13)16-11-17(23)22(18(16)24)15-6-4-5-14(20)12(15)2/h4-6,13,16H,3,7-11H2,1-2H3/t16-/m1/s1. The molecule has 0 radical (unpaired) electrons. The lowest BCUT2D eigenvalue weighted by Gasteiger charge is -2.33. The fourth-order valence-corrected chi connectivity index (χ4v) is 3.87. The lowest BCUT2D eigenvalue weighted by molar-refractivity contribution is -0.149. The summed E-state index contributed by atoms with van der Waals surface area (Å²) in [6.07, 6.45) is 1.45. The molecule has 2 amide bonds. The molecule has 2 fully saturated rings. The first-order valence-corrected chi connectivity index (χ1v) is 9.34. The molecule has 2 heterocycles. The summed E-state index contributed by atoms with van der Waals surface area (Å²) >= 11 is 6.14. The van der Waals surface area contributed by atoms with Crippen LogP contribution in [0.4, 0.5) is 5.69 Å². The third-order valence-corrected chi connectivity index (χ3v) is 5.60. The van der Waals surface area contributed by atoms with Crippen LogP contribution in [0.25, 0.3) is 0 Å². The van der Waals surface area contributed by atoms with Crippen molar-refractivity contribution in [2.75, 3.05) is 24.6 Å². The maximum absolute atomic E-state index is 12.9. The van der Waals surface area contributed by atoms with Crippen molar-refractivity contribution in [3.63, 3.8) is 0 Å². The third kappa shape index (κ3) is 3.48. The quantitative estimate of drug-likeness (QED) is 0.595. The molecule has 1 aromatic carbocycles. The number of hydrogen-bond acceptors (Lipinski definition) is 5. The number of ether oxygens (including phenoxy) is 1. The molecule has 0 saturated carbocycles. The summed E-state index contributed by atoms with van der Waals surface area (Å²) < 4.78 is 5.08. The summed E-state index contributed by atoms with van der Waals surface area (Å²) in [5.74, 6) is -0.713. The number of imide groups is 1. The topological polar surface area (TPSA) is 66.9 Å². The zero-order chi connectivity index (χ0) is 18.8. The monoisotopic (exact) mass is 378 g/mol. The van der Waals surface area contributed by atoms with Gasteiger partial charge in [0.25, 0.3) is 5.91 Å². The van der Waals surface area contributed by atoms with E-state index in [9.17, 15) is 14.4 Å². The Morgan fingerprint density at radius 1 is 1.27 bits per heavy atom. The van der Waals surface area contributed by atoms with Crippen LogP contribution in [0.1, 0.15) is 31.7 Å². The van der Waals surface area contributed by atoms with E-state index in [0.29, 0.717) is 43.2 Å². The number of esters is 1. The maximum atomic E-state index is 12.9. The molecule has 0 spiro atoms. The zero-order valence-corrected chi connectivity index (χ0v) is 15.8. The van der Waals surface area contributed by atoms with E-state index in [-0.39, 0.29) is 30.1 Å². The highest BCUT2D eigenvalue weighted by molar-refractivity contribution is 6.32. The molecule has 0 N–H and O–H groups in total. The van der Waals surface area contributed by atoms with Crippen molar-refractivity contribution in [3.8, 4) is 0 Å². The van der Waals surface area contributed by atoms with Crippen molar-refractivity contribution < 1.29 is 19.1 Å². The molecule has 0 aliphatic carbocycles. The van der Waals surface area contributed by atoms with Gasteiger partial charge in [-0.1, -0.05) is 17.7 Å². The van der Waals surface area contributed by atoms with Gasteiger partial charge in [0.05, 0.1) is 30.7 Å². The van der Waals surface area contributed by atoms with Gasteiger partial charge in [-0.3, -0.25) is 19.3 Å². The van der Waals surface area contributed by atoms with E-state index in [1.54, 1.807) is 32.0 Å². The summed E-state index contributed by atoms with van der Waals surface area (Å²) in [6, 6.07) is 4.75. The molecular weight excluding hydrogens is 356 g/mol. The second-order valence-electron chi connectivity index (χ2n) is 6.73. The number of carbonyl (C=O) groups excluding carboxylic acids is 3. The van der Waals surface area contributed by atoms with E-state index in [1.165, 1.54) is 4.90 Å². The fraction of sp³-hybridized carbons (Fsp3) is 0.526. The molecule has 1 atom stereocenters. The molecule has 2 aliphatic rings. The highest BCUT2D eigenvalue weighted by atomic mass is 35.5. The molecule has 140 valence electrons. The van der Waals surface area contributed by atoms with Crippen molar-refractivity contribution in [2.45, 2.75) is 39.2 Å². The van der Waals surface area contributed by atoms with E-state index in [4.69, 9.17) is 16.3 Å². The van der Waals surface area contributed by atoms with Gasteiger partial charge in [0.2, 0.25) is 5.91 Å². The van der Waals surface area contributed by atoms with Crippen LogP contribution in [0.3, 0.4) is 0 Å². The molecule has 3 rings (SSSR count). The number of likely N-dealkylation sites (tertiary alicyclic amines) is 1. The highest BCUT2D eigenvalue weighted by Gasteiger charge is 2.44. The average molecular weight is 379 g/mol. The van der Waals surface area contributed by atoms with Gasteiger partial charge < -0.3 is 4.74 Å². The van der Waals surface area contributed by atoms with Crippen molar-refractivity contribution in [2.24, 2.45) is 5.92 Å². The molecule has 0 bridgehead atoms. The van der Waals surface area contributed by atoms with Crippen LogP contribution in [0.2, 0.25) is 5.02 Å². The van der Waals surface area contributed by atoms with Crippen LogP contribution in [0.15, 0.2) is 18.2 Å². The van der Waals surface area contributed by atoms with Gasteiger partial charge in [-0.25, -0.2) is 4.90 Å². The second-order valence-corrected chi connectivity index (χ2v) is 7.14. The van der Waals surface area contributed by atoms with Crippen molar-refractivity contribution >= 4 is 35.1 Å². The minimum absolute atomic E-state index is 0.121. The van der Waals surface area contributed by atoms with Crippen LogP contribution >= 0.6 is 11.6 Å². The number of anilines is 1. The van der Waals surface area contributed by atoms with Gasteiger partial charge in [-0.05, 0) is 57.5 Å². The average Bonchev–Trinajstić information content (AvgIpc) is 2.92. The highest BCUT2D eigenvalue weighted by Crippen LogP contribution is 2.33. The Kier molecular flexibility index (Phi) is 5.63. The molecule has 1 aromatic rings. The van der Waals surface area contributed by atoms with E-state index < -0.39 is 6.04 Å². The van der Waals surface area contributed by atoms with Gasteiger partial charge in [0.15, 0.2) is 0 Å². The Morgan fingerprint density at radius 2 is 1.96 bits per heavy atom. The Balaban J connectivity index is 1.70. The van der Waals surface area contributed by atoms with E-state index in [2.05, 4.69) is 0 Å². The first kappa shape index (κ1) is 18.9. The van der Waals surface area contributed by atoms with E-state index in [0.717, 1.165) is 5.56 Å². The first-order chi connectivity index (χ1) is 12.4. The van der Waals surface area contributed by atoms with Crippen LogP contribution in [-0.4, -0.2) is 48.4 Å². The largest absolute Gasteiger partial charge is 0.466 e. The molecule has 2 aliphatic heterocycles. The third-order valence-electron chi connectivity index (χ3n) is 5.19. The number of halogens is 1. The van der Waals surface area contributed by atoms with Crippen molar-refractivity contribution in [1.29, 1.82) is 0 Å².